The normalized spacial score (nSPS) is 17.3. The summed E-state index contributed by atoms with van der Waals surface area (Å²) in [5.74, 6) is -0.937. The lowest BCUT2D eigenvalue weighted by Crippen LogP contribution is -2.30. The number of cyclic esters (lactones) is 1. The minimum absolute atomic E-state index is 0.0492. The third-order valence-electron chi connectivity index (χ3n) is 4.31. The summed E-state index contributed by atoms with van der Waals surface area (Å²) in [4.78, 5) is 17.6. The van der Waals surface area contributed by atoms with Gasteiger partial charge in [0.2, 0.25) is 0 Å². The fourth-order valence-corrected chi connectivity index (χ4v) is 2.74. The van der Waals surface area contributed by atoms with E-state index in [1.165, 1.54) is 6.07 Å². The van der Waals surface area contributed by atoms with Gasteiger partial charge >= 0.3 is 6.09 Å². The van der Waals surface area contributed by atoms with Crippen LogP contribution in [-0.2, 0) is 11.3 Å². The van der Waals surface area contributed by atoms with Crippen LogP contribution in [0.4, 0.5) is 18.0 Å². The molecule has 1 atom stereocenters. The van der Waals surface area contributed by atoms with E-state index in [-0.39, 0.29) is 12.1 Å². The molecule has 1 aromatic heterocycles. The van der Waals surface area contributed by atoms with Crippen molar-refractivity contribution >= 4 is 6.09 Å². The van der Waals surface area contributed by atoms with Crippen molar-refractivity contribution < 1.29 is 22.7 Å². The van der Waals surface area contributed by atoms with Gasteiger partial charge in [-0.2, -0.15) is 0 Å². The number of amides is 1. The van der Waals surface area contributed by atoms with E-state index in [1.54, 1.807) is 24.1 Å². The summed E-state index contributed by atoms with van der Waals surface area (Å²) < 4.78 is 44.3. The summed E-state index contributed by atoms with van der Waals surface area (Å²) in [6, 6.07) is 5.32. The minimum atomic E-state index is -2.89. The molecule has 0 spiro atoms. The highest BCUT2D eigenvalue weighted by Crippen LogP contribution is 2.29. The predicted molar refractivity (Wildman–Crippen MR) is 85.7 cm³/mol. The summed E-state index contributed by atoms with van der Waals surface area (Å²) in [6.45, 7) is 4.34. The van der Waals surface area contributed by atoms with Crippen molar-refractivity contribution in [2.45, 2.75) is 32.9 Å². The second-order valence-corrected chi connectivity index (χ2v) is 6.06. The van der Waals surface area contributed by atoms with E-state index < -0.39 is 17.8 Å². The van der Waals surface area contributed by atoms with Crippen molar-refractivity contribution in [3.8, 4) is 11.1 Å². The molecule has 132 valence electrons. The molecule has 25 heavy (non-hydrogen) atoms. The van der Waals surface area contributed by atoms with Crippen LogP contribution in [-0.4, -0.2) is 28.6 Å². The van der Waals surface area contributed by atoms with Gasteiger partial charge in [0, 0.05) is 17.5 Å². The minimum Gasteiger partial charge on any atom is -0.447 e. The summed E-state index contributed by atoms with van der Waals surface area (Å²) in [5, 5.41) is 0. The van der Waals surface area contributed by atoms with Crippen LogP contribution in [0.15, 0.2) is 30.5 Å². The van der Waals surface area contributed by atoms with Gasteiger partial charge in [-0.25, -0.2) is 18.0 Å². The van der Waals surface area contributed by atoms with Crippen LogP contribution in [0.1, 0.15) is 30.2 Å². The Hall–Kier alpha value is -2.57. The molecule has 1 fully saturated rings. The van der Waals surface area contributed by atoms with Gasteiger partial charge in [0.15, 0.2) is 0 Å². The molecule has 3 rings (SSSR count). The molecule has 4 nitrogen and oxygen atoms in total. The first-order chi connectivity index (χ1) is 11.9. The lowest BCUT2D eigenvalue weighted by Gasteiger charge is -2.19. The van der Waals surface area contributed by atoms with Crippen molar-refractivity contribution in [3.63, 3.8) is 0 Å². The first-order valence-electron chi connectivity index (χ1n) is 7.83. The van der Waals surface area contributed by atoms with Crippen molar-refractivity contribution in [2.24, 2.45) is 0 Å². The molecule has 7 heteroatoms. The zero-order chi connectivity index (χ0) is 18.1. The highest BCUT2D eigenvalue weighted by Gasteiger charge is 2.29. The molecule has 0 saturated carbocycles. The van der Waals surface area contributed by atoms with Crippen molar-refractivity contribution in [2.75, 3.05) is 6.61 Å². The number of ether oxygens (including phenoxy) is 1. The predicted octanol–water partition coefficient (Wildman–Crippen LogP) is 4.47. The maximum Gasteiger partial charge on any atom is 0.410 e. The largest absolute Gasteiger partial charge is 0.447 e. The van der Waals surface area contributed by atoms with E-state index in [4.69, 9.17) is 4.74 Å². The number of carbonyl (C=O) groups is 1. The Kier molecular flexibility index (Phi) is 4.65. The Morgan fingerprint density at radius 1 is 1.32 bits per heavy atom. The van der Waals surface area contributed by atoms with E-state index in [0.717, 1.165) is 23.4 Å². The first kappa shape index (κ1) is 17.3. The lowest BCUT2D eigenvalue weighted by atomic mass is 10.0. The van der Waals surface area contributed by atoms with Gasteiger partial charge in [-0.1, -0.05) is 6.07 Å². The number of hydrogen-bond donors (Lipinski definition) is 0. The van der Waals surface area contributed by atoms with E-state index in [9.17, 15) is 18.0 Å². The fourth-order valence-electron chi connectivity index (χ4n) is 2.74. The quantitative estimate of drug-likeness (QED) is 0.817. The Bertz CT molecular complexity index is 811. The molecule has 1 aliphatic heterocycles. The number of pyridine rings is 1. The number of alkyl halides is 2. The molecule has 0 aliphatic carbocycles. The van der Waals surface area contributed by atoms with Crippen LogP contribution in [0.25, 0.3) is 11.1 Å². The number of nitrogens with zero attached hydrogens (tertiary/aromatic N) is 2. The Labute approximate surface area is 143 Å². The van der Waals surface area contributed by atoms with E-state index in [2.05, 4.69) is 4.98 Å². The number of aromatic nitrogens is 1. The average molecular weight is 350 g/mol. The van der Waals surface area contributed by atoms with Gasteiger partial charge < -0.3 is 4.74 Å². The molecular formula is C18H17F3N2O2. The summed E-state index contributed by atoms with van der Waals surface area (Å²) >= 11 is 0. The highest BCUT2D eigenvalue weighted by atomic mass is 19.3. The van der Waals surface area contributed by atoms with Crippen LogP contribution < -0.4 is 0 Å². The molecule has 2 aromatic rings. The van der Waals surface area contributed by atoms with Crippen LogP contribution in [0, 0.1) is 12.7 Å². The Balaban J connectivity index is 1.94. The molecule has 0 N–H and O–H groups in total. The molecular weight excluding hydrogens is 333 g/mol. The van der Waals surface area contributed by atoms with Gasteiger partial charge in [-0.3, -0.25) is 9.88 Å². The number of carbonyl (C=O) groups excluding carboxylic acids is 1. The molecule has 1 amide bonds. The monoisotopic (exact) mass is 350 g/mol. The number of halogens is 3. The van der Waals surface area contributed by atoms with Crippen LogP contribution >= 0.6 is 0 Å². The summed E-state index contributed by atoms with van der Waals surface area (Å²) in [7, 11) is 0. The van der Waals surface area contributed by atoms with Gasteiger partial charge in [0.1, 0.15) is 12.4 Å². The number of aryl methyl sites for hydroxylation is 1. The topological polar surface area (TPSA) is 42.4 Å². The van der Waals surface area contributed by atoms with Crippen molar-refractivity contribution in [1.29, 1.82) is 0 Å². The second-order valence-electron chi connectivity index (χ2n) is 6.06. The number of rotatable bonds is 4. The molecule has 0 radical (unpaired) electrons. The SMILES string of the molecule is Cc1ncc(-c2ccc(F)c(C(F)F)c2)cc1CN1C(=O)OC[C@H]1C. The third-order valence-corrected chi connectivity index (χ3v) is 4.31. The number of hydrogen-bond acceptors (Lipinski definition) is 3. The Morgan fingerprint density at radius 2 is 2.08 bits per heavy atom. The lowest BCUT2D eigenvalue weighted by molar-refractivity contribution is 0.146. The van der Waals surface area contributed by atoms with E-state index in [1.807, 2.05) is 6.92 Å². The molecule has 0 bridgehead atoms. The summed E-state index contributed by atoms with van der Waals surface area (Å²) in [5.41, 5.74) is 1.90. The maximum absolute atomic E-state index is 13.5. The van der Waals surface area contributed by atoms with E-state index in [0.29, 0.717) is 24.3 Å². The zero-order valence-electron chi connectivity index (χ0n) is 13.8. The maximum atomic E-state index is 13.5. The van der Waals surface area contributed by atoms with Gasteiger partial charge in [-0.05, 0) is 43.2 Å². The smallest absolute Gasteiger partial charge is 0.410 e. The van der Waals surface area contributed by atoms with Crippen molar-refractivity contribution in [3.05, 3.63) is 53.1 Å². The second kappa shape index (κ2) is 6.74. The Morgan fingerprint density at radius 3 is 2.72 bits per heavy atom. The first-order valence-corrected chi connectivity index (χ1v) is 7.83. The van der Waals surface area contributed by atoms with Crippen LogP contribution in [0.3, 0.4) is 0 Å². The molecule has 1 aromatic carbocycles. The van der Waals surface area contributed by atoms with Gasteiger partial charge in [0.25, 0.3) is 6.43 Å². The van der Waals surface area contributed by atoms with E-state index >= 15 is 0 Å². The highest BCUT2D eigenvalue weighted by molar-refractivity contribution is 5.70. The number of benzene rings is 1. The molecule has 1 saturated heterocycles. The van der Waals surface area contributed by atoms with Gasteiger partial charge in [-0.15, -0.1) is 0 Å². The fraction of sp³-hybridized carbons (Fsp3) is 0.333. The average Bonchev–Trinajstić information content (AvgIpc) is 2.89. The zero-order valence-corrected chi connectivity index (χ0v) is 13.8. The molecule has 2 heterocycles. The molecule has 0 unspecified atom stereocenters. The van der Waals surface area contributed by atoms with Crippen LogP contribution in [0.5, 0.6) is 0 Å². The van der Waals surface area contributed by atoms with Crippen LogP contribution in [0.2, 0.25) is 0 Å². The third kappa shape index (κ3) is 3.45. The molecule has 1 aliphatic rings. The standard InChI is InChI=1S/C18H17F3N2O2/c1-10-9-25-18(24)23(10)8-14-5-13(7-22-11(14)2)12-3-4-16(19)15(6-12)17(20)21/h3-7,10,17H,8-9H2,1-2H3/t10-/m1/s1. The van der Waals surface area contributed by atoms with Crippen molar-refractivity contribution in [1.82, 2.24) is 9.88 Å². The summed E-state index contributed by atoms with van der Waals surface area (Å²) in [6.07, 6.45) is -1.73. The van der Waals surface area contributed by atoms with Gasteiger partial charge in [0.05, 0.1) is 18.2 Å².